The second kappa shape index (κ2) is 25.8. The summed E-state index contributed by atoms with van der Waals surface area (Å²) in [4.78, 5) is 76.3. The third-order valence-electron chi connectivity index (χ3n) is 13.2. The highest BCUT2D eigenvalue weighted by Gasteiger charge is 2.31. The number of piperidine rings is 1. The van der Waals surface area contributed by atoms with Crippen molar-refractivity contribution in [2.24, 2.45) is 0 Å². The number of carbonyl (C=O) groups is 6. The summed E-state index contributed by atoms with van der Waals surface area (Å²) in [5, 5.41) is 63.1. The molecule has 3 aliphatic rings. The molecule has 3 aliphatic heterocycles. The highest BCUT2D eigenvalue weighted by atomic mass is 32.2. The van der Waals surface area contributed by atoms with Crippen LogP contribution in [0.3, 0.4) is 0 Å². The molecule has 410 valence electrons. The molecule has 80 heavy (non-hydrogen) atoms. The molecule has 0 spiro atoms. The number of anilines is 2. The van der Waals surface area contributed by atoms with Crippen LogP contribution < -0.4 is 9.80 Å². The molecule has 6 heterocycles. The Hall–Kier alpha value is -8.82. The summed E-state index contributed by atoms with van der Waals surface area (Å²) in [7, 11) is 0. The van der Waals surface area contributed by atoms with Gasteiger partial charge in [-0.25, -0.2) is 14.4 Å². The van der Waals surface area contributed by atoms with Gasteiger partial charge in [-0.1, -0.05) is 71.7 Å². The molecular formula is C53H51N15O9S3. The van der Waals surface area contributed by atoms with E-state index in [1.807, 2.05) is 65.3 Å². The number of carboxylic acids is 3. The highest BCUT2D eigenvalue weighted by Crippen LogP contribution is 2.33. The van der Waals surface area contributed by atoms with Gasteiger partial charge in [-0.2, -0.15) is 14.0 Å². The Bertz CT molecular complexity index is 3520. The van der Waals surface area contributed by atoms with Crippen molar-refractivity contribution in [1.29, 1.82) is 0 Å². The topological polar surface area (TPSA) is 304 Å². The van der Waals surface area contributed by atoms with Crippen molar-refractivity contribution in [2.45, 2.75) is 73.5 Å². The molecule has 1 fully saturated rings. The second-order valence-corrected chi connectivity index (χ2v) is 21.2. The molecule has 3 aromatic heterocycles. The van der Waals surface area contributed by atoms with E-state index in [0.717, 1.165) is 43.6 Å². The molecule has 8 aromatic rings. The predicted octanol–water partition coefficient (Wildman–Crippen LogP) is 6.33. The van der Waals surface area contributed by atoms with Crippen LogP contribution >= 0.6 is 35.3 Å². The van der Waals surface area contributed by atoms with Crippen LogP contribution in [0.4, 0.5) is 11.4 Å². The van der Waals surface area contributed by atoms with Crippen LogP contribution in [-0.2, 0) is 27.2 Å². The van der Waals surface area contributed by atoms with Crippen molar-refractivity contribution in [2.75, 3.05) is 40.1 Å². The number of tetrazole rings is 3. The van der Waals surface area contributed by atoms with Gasteiger partial charge in [0, 0.05) is 36.5 Å². The largest absolute Gasteiger partial charge is 0.478 e. The summed E-state index contributed by atoms with van der Waals surface area (Å²) < 4.78 is 4.48. The number of hydrogen-bond acceptors (Lipinski definition) is 18. The minimum Gasteiger partial charge on any atom is -0.478 e. The molecule has 0 saturated carbocycles. The molecule has 0 radical (unpaired) electrons. The Morgan fingerprint density at radius 2 is 0.912 bits per heavy atom. The Morgan fingerprint density at radius 3 is 1.38 bits per heavy atom. The summed E-state index contributed by atoms with van der Waals surface area (Å²) in [5.74, 6) is -2.20. The molecule has 2 atom stereocenters. The van der Waals surface area contributed by atoms with E-state index >= 15 is 0 Å². The minimum absolute atomic E-state index is 0.000671. The van der Waals surface area contributed by atoms with Gasteiger partial charge < -0.3 is 30.0 Å². The lowest BCUT2D eigenvalue weighted by atomic mass is 10.0. The summed E-state index contributed by atoms with van der Waals surface area (Å²) in [5.41, 5.74) is 6.76. The van der Waals surface area contributed by atoms with Crippen LogP contribution in [0.1, 0.15) is 75.3 Å². The lowest BCUT2D eigenvalue weighted by molar-refractivity contribution is -0.131. The number of amides is 3. The molecular weight excluding hydrogens is 1090 g/mol. The number of likely N-dealkylation sites (tertiary alicyclic amines) is 1. The summed E-state index contributed by atoms with van der Waals surface area (Å²) in [6.45, 7) is 5.61. The number of thioether (sulfide) groups is 3. The maximum absolute atomic E-state index is 12.8. The quantitative estimate of drug-likeness (QED) is 0.0945. The number of hydrogen-bond donors (Lipinski definition) is 3. The fourth-order valence-electron chi connectivity index (χ4n) is 9.15. The van der Waals surface area contributed by atoms with Crippen molar-refractivity contribution in [3.8, 4) is 17.1 Å². The van der Waals surface area contributed by atoms with Crippen molar-refractivity contribution >= 4 is 82.3 Å². The average molecular weight is 1140 g/mol. The minimum atomic E-state index is -0.997. The molecule has 27 heteroatoms. The van der Waals surface area contributed by atoms with Crippen LogP contribution in [0, 0.1) is 0 Å². The Labute approximate surface area is 469 Å². The zero-order chi connectivity index (χ0) is 56.3. The lowest BCUT2D eigenvalue weighted by Gasteiger charge is -2.33. The van der Waals surface area contributed by atoms with Crippen LogP contribution in [-0.4, -0.2) is 159 Å². The van der Waals surface area contributed by atoms with Crippen LogP contribution in [0.2, 0.25) is 0 Å². The number of aromatic nitrogens is 12. The van der Waals surface area contributed by atoms with Gasteiger partial charge in [-0.05, 0) is 173 Å². The van der Waals surface area contributed by atoms with E-state index in [0.29, 0.717) is 39.1 Å². The molecule has 3 amide bonds. The molecule has 1 saturated heterocycles. The van der Waals surface area contributed by atoms with Gasteiger partial charge in [0.15, 0.2) is 0 Å². The molecule has 2 unspecified atom stereocenters. The lowest BCUT2D eigenvalue weighted by Crippen LogP contribution is -2.42. The molecule has 11 rings (SSSR count). The Kier molecular flexibility index (Phi) is 18.0. The van der Waals surface area contributed by atoms with Gasteiger partial charge in [0.05, 0.1) is 51.0 Å². The predicted molar refractivity (Wildman–Crippen MR) is 295 cm³/mol. The van der Waals surface area contributed by atoms with E-state index in [4.69, 9.17) is 15.3 Å². The molecule has 24 nitrogen and oxygen atoms in total. The third-order valence-corrected chi connectivity index (χ3v) is 15.9. The number of aromatic carboxylic acids is 3. The number of nitrogens with zero attached hydrogens (tertiary/aromatic N) is 15. The zero-order valence-electron chi connectivity index (χ0n) is 43.0. The van der Waals surface area contributed by atoms with Crippen molar-refractivity contribution in [1.82, 2.24) is 65.5 Å². The van der Waals surface area contributed by atoms with E-state index < -0.39 is 17.9 Å². The number of benzene rings is 5. The van der Waals surface area contributed by atoms with Gasteiger partial charge in [0.1, 0.15) is 0 Å². The first-order chi connectivity index (χ1) is 38.7. The van der Waals surface area contributed by atoms with E-state index in [1.165, 1.54) is 103 Å². The fraction of sp³-hybridized carbons (Fsp3) is 0.264. The summed E-state index contributed by atoms with van der Waals surface area (Å²) >= 11 is 3.78. The fourth-order valence-corrected chi connectivity index (χ4v) is 11.4. The summed E-state index contributed by atoms with van der Waals surface area (Å²) in [6.07, 6.45) is 4.97. The van der Waals surface area contributed by atoms with E-state index in [9.17, 15) is 28.8 Å². The van der Waals surface area contributed by atoms with Crippen molar-refractivity contribution in [3.63, 3.8) is 0 Å². The first-order valence-corrected chi connectivity index (χ1v) is 28.0. The number of carboxylic acid groups (broad SMARTS) is 3. The molecule has 0 aliphatic carbocycles. The normalized spacial score (nSPS) is 15.2. The standard InChI is InChI=1S/C19H17N5O3S.C18H15N5O3S.C16H19N5O3S/c1-12-10-14-4-2-3-5-16(14)23(12)17(25)11-28-19-20-21-22-24(19)15-8-6-13(7-9-15)18(26)27;24-16(22-10-9-12-3-1-2-4-15(12)22)11-27-18-19-20-21-23(18)14-7-5-13(6-8-14)17(25)26;1-11-4-2-3-9-20(11)14(22)10-25-16-17-18-19-21(16)13-7-5-12(6-8-13)15(23)24/h2-9,12H,10-11H2,1H3,(H,26,27);1-8H,9-11H2,(H,25,26);5-8,11H,2-4,9-10H2,1H3,(H,23,24). The first kappa shape index (κ1) is 55.9. The first-order valence-electron chi connectivity index (χ1n) is 25.1. The van der Waals surface area contributed by atoms with E-state index in [1.54, 1.807) is 41.3 Å². The average Bonchev–Trinajstić information content (AvgIpc) is 4.35. The van der Waals surface area contributed by atoms with Gasteiger partial charge >= 0.3 is 17.9 Å². The zero-order valence-corrected chi connectivity index (χ0v) is 45.4. The van der Waals surface area contributed by atoms with E-state index in [-0.39, 0.29) is 63.8 Å². The number of para-hydroxylation sites is 2. The van der Waals surface area contributed by atoms with Crippen molar-refractivity contribution < 1.29 is 44.1 Å². The Balaban J connectivity index is 0.000000145. The Morgan fingerprint density at radius 1 is 0.487 bits per heavy atom. The van der Waals surface area contributed by atoms with Crippen LogP contribution in [0.15, 0.2) is 137 Å². The maximum atomic E-state index is 12.8. The highest BCUT2D eigenvalue weighted by molar-refractivity contribution is 8.00. The van der Waals surface area contributed by atoms with Gasteiger partial charge in [0.25, 0.3) is 0 Å². The molecule has 5 aromatic carbocycles. The number of carbonyl (C=O) groups excluding carboxylic acids is 3. The van der Waals surface area contributed by atoms with Crippen LogP contribution in [0.25, 0.3) is 17.1 Å². The van der Waals surface area contributed by atoms with Crippen molar-refractivity contribution in [3.05, 3.63) is 149 Å². The van der Waals surface area contributed by atoms with Gasteiger partial charge in [-0.3, -0.25) is 14.4 Å². The summed E-state index contributed by atoms with van der Waals surface area (Å²) in [6, 6.07) is 35.0. The third kappa shape index (κ3) is 13.2. The molecule has 0 bridgehead atoms. The second-order valence-electron chi connectivity index (χ2n) is 18.3. The number of fused-ring (bicyclic) bond motifs is 2. The maximum Gasteiger partial charge on any atom is 0.335 e. The number of rotatable bonds is 15. The van der Waals surface area contributed by atoms with Crippen LogP contribution in [0.5, 0.6) is 0 Å². The van der Waals surface area contributed by atoms with Gasteiger partial charge in [0.2, 0.25) is 33.2 Å². The monoisotopic (exact) mass is 1140 g/mol. The van der Waals surface area contributed by atoms with Gasteiger partial charge in [-0.15, -0.1) is 15.3 Å². The smallest absolute Gasteiger partial charge is 0.335 e. The van der Waals surface area contributed by atoms with E-state index in [2.05, 4.69) is 53.5 Å². The SMILES string of the molecule is CC1CCCCN1C(=O)CSc1nnnn1-c1ccc(C(=O)O)cc1.CC1Cc2ccccc2N1C(=O)CSc1nnnn1-c1ccc(C(=O)O)cc1.O=C(O)c1ccc(-n2nnnc2SCC(=O)N2CCc3ccccc32)cc1. The molecule has 3 N–H and O–H groups in total.